The third kappa shape index (κ3) is 3.48. The number of carbonyl (C=O) groups is 1. The van der Waals surface area contributed by atoms with E-state index in [-0.39, 0.29) is 11.5 Å². The van der Waals surface area contributed by atoms with Crippen molar-refractivity contribution in [2.75, 3.05) is 5.32 Å². The van der Waals surface area contributed by atoms with Crippen molar-refractivity contribution in [2.45, 2.75) is 13.8 Å². The van der Waals surface area contributed by atoms with Gasteiger partial charge in [0.1, 0.15) is 5.82 Å². The first-order valence-electron chi connectivity index (χ1n) is 7.68. The number of nitrogens with zero attached hydrogens (tertiary/aromatic N) is 3. The average molecular weight is 393 g/mol. The number of pyridine rings is 1. The molecule has 0 fully saturated rings. The fourth-order valence-corrected chi connectivity index (χ4v) is 2.67. The summed E-state index contributed by atoms with van der Waals surface area (Å²) in [6, 6.07) is 1.55. The summed E-state index contributed by atoms with van der Waals surface area (Å²) >= 11 is 5.73. The number of benzene rings is 1. The van der Waals surface area contributed by atoms with Gasteiger partial charge in [0.2, 0.25) is 0 Å². The molecule has 0 bridgehead atoms. The van der Waals surface area contributed by atoms with Gasteiger partial charge >= 0.3 is 0 Å². The second kappa shape index (κ2) is 7.32. The van der Waals surface area contributed by atoms with Gasteiger partial charge in [-0.3, -0.25) is 14.8 Å². The lowest BCUT2D eigenvalue weighted by molar-refractivity contribution is 0.102. The van der Waals surface area contributed by atoms with Gasteiger partial charge in [0.05, 0.1) is 28.7 Å². The summed E-state index contributed by atoms with van der Waals surface area (Å²) in [5.74, 6) is -4.08. The van der Waals surface area contributed by atoms with E-state index in [1.807, 2.05) is 0 Å². The van der Waals surface area contributed by atoms with E-state index in [4.69, 9.17) is 11.6 Å². The van der Waals surface area contributed by atoms with Crippen LogP contribution < -0.4 is 5.32 Å². The van der Waals surface area contributed by atoms with E-state index in [9.17, 15) is 18.0 Å². The number of hydrogen-bond acceptors (Lipinski definition) is 4. The lowest BCUT2D eigenvalue weighted by atomic mass is 10.1. The maximum atomic E-state index is 14.3. The van der Waals surface area contributed by atoms with Crippen LogP contribution in [0.15, 0.2) is 30.9 Å². The van der Waals surface area contributed by atoms with E-state index >= 15 is 0 Å². The first kappa shape index (κ1) is 18.8. The minimum Gasteiger partial charge on any atom is -0.305 e. The first-order chi connectivity index (χ1) is 12.8. The molecule has 0 aliphatic carbocycles. The van der Waals surface area contributed by atoms with Gasteiger partial charge in [0.25, 0.3) is 5.91 Å². The number of aryl methyl sites for hydroxylation is 1. The third-order valence-electron chi connectivity index (χ3n) is 3.90. The summed E-state index contributed by atoms with van der Waals surface area (Å²) in [5.41, 5.74) is 0.0622. The van der Waals surface area contributed by atoms with Gasteiger partial charge in [0.15, 0.2) is 17.5 Å². The molecule has 0 spiro atoms. The fraction of sp³-hybridized carbons (Fsp3) is 0.111. The summed E-state index contributed by atoms with van der Waals surface area (Å²) in [4.78, 5) is 24.1. The lowest BCUT2D eigenvalue weighted by Gasteiger charge is -2.11. The highest BCUT2D eigenvalue weighted by Gasteiger charge is 2.23. The van der Waals surface area contributed by atoms with Crippen molar-refractivity contribution in [2.24, 2.45) is 0 Å². The van der Waals surface area contributed by atoms with Crippen LogP contribution in [0.5, 0.6) is 0 Å². The Kier molecular flexibility index (Phi) is 5.09. The van der Waals surface area contributed by atoms with Crippen LogP contribution in [0.3, 0.4) is 0 Å². The minimum atomic E-state index is -1.36. The largest absolute Gasteiger partial charge is 0.305 e. The van der Waals surface area contributed by atoms with E-state index in [0.717, 1.165) is 19.3 Å². The van der Waals surface area contributed by atoms with Gasteiger partial charge in [-0.1, -0.05) is 11.6 Å². The number of aromatic nitrogens is 3. The van der Waals surface area contributed by atoms with Crippen LogP contribution in [-0.4, -0.2) is 20.9 Å². The van der Waals surface area contributed by atoms with Gasteiger partial charge in [-0.2, -0.15) is 0 Å². The van der Waals surface area contributed by atoms with Crippen molar-refractivity contribution < 1.29 is 18.0 Å². The van der Waals surface area contributed by atoms with E-state index in [1.165, 1.54) is 6.20 Å². The van der Waals surface area contributed by atoms with Crippen LogP contribution in [0.2, 0.25) is 5.02 Å². The summed E-state index contributed by atoms with van der Waals surface area (Å²) < 4.78 is 41.7. The molecule has 3 aromatic rings. The Bertz CT molecular complexity index is 1010. The number of halogens is 4. The number of nitrogens with one attached hydrogen (secondary N) is 1. The van der Waals surface area contributed by atoms with E-state index < -0.39 is 39.5 Å². The molecule has 2 heterocycles. The highest BCUT2D eigenvalue weighted by atomic mass is 35.5. The molecule has 0 radical (unpaired) electrons. The van der Waals surface area contributed by atoms with Gasteiger partial charge in [0, 0.05) is 23.5 Å². The molecule has 1 amide bonds. The number of hydrogen-bond donors (Lipinski definition) is 1. The van der Waals surface area contributed by atoms with E-state index in [1.54, 1.807) is 19.2 Å². The second-order valence-corrected chi connectivity index (χ2v) is 6.07. The van der Waals surface area contributed by atoms with Crippen LogP contribution in [0, 0.1) is 31.3 Å². The summed E-state index contributed by atoms with van der Waals surface area (Å²) in [6.45, 7) is 2.82. The number of rotatable bonds is 3. The molecular formula is C18H12ClF3N4O. The van der Waals surface area contributed by atoms with Crippen LogP contribution >= 0.6 is 11.6 Å². The lowest BCUT2D eigenvalue weighted by Crippen LogP contribution is -2.14. The maximum Gasteiger partial charge on any atom is 0.257 e. The van der Waals surface area contributed by atoms with Crippen molar-refractivity contribution >= 4 is 23.3 Å². The smallest absolute Gasteiger partial charge is 0.257 e. The van der Waals surface area contributed by atoms with Gasteiger partial charge < -0.3 is 5.32 Å². The molecule has 3 rings (SSSR count). The fourth-order valence-electron chi connectivity index (χ4n) is 2.41. The molecule has 0 saturated carbocycles. The number of anilines is 1. The highest BCUT2D eigenvalue weighted by molar-refractivity contribution is 6.33. The molecule has 1 N–H and O–H groups in total. The van der Waals surface area contributed by atoms with Gasteiger partial charge in [-0.15, -0.1) is 0 Å². The van der Waals surface area contributed by atoms with E-state index in [0.29, 0.717) is 11.1 Å². The molecule has 0 aliphatic rings. The molecule has 27 heavy (non-hydrogen) atoms. The Balaban J connectivity index is 1.91. The van der Waals surface area contributed by atoms with Crippen molar-refractivity contribution in [3.63, 3.8) is 0 Å². The molecule has 2 aromatic heterocycles. The number of carbonyl (C=O) groups excluding carboxylic acids is 1. The first-order valence-corrected chi connectivity index (χ1v) is 8.06. The van der Waals surface area contributed by atoms with E-state index in [2.05, 4.69) is 20.3 Å². The Labute approximate surface area is 157 Å². The van der Waals surface area contributed by atoms with Crippen molar-refractivity contribution in [3.8, 4) is 11.3 Å². The van der Waals surface area contributed by atoms with Crippen LogP contribution in [0.4, 0.5) is 19.0 Å². The standard InChI is InChI=1S/C18H12ClF3N4O/c1-8-5-23-4-3-10(8)18(27)26-12-7-24-11(6-25-12)13-14(19)17(22)16(21)9(2)15(13)20/h3-7H,1-2H3,(H,25,26,27). The average Bonchev–Trinajstić information content (AvgIpc) is 2.66. The normalized spacial score (nSPS) is 10.7. The quantitative estimate of drug-likeness (QED) is 0.527. The Hall–Kier alpha value is -3.00. The third-order valence-corrected chi connectivity index (χ3v) is 4.25. The molecular weight excluding hydrogens is 381 g/mol. The van der Waals surface area contributed by atoms with Crippen LogP contribution in [0.1, 0.15) is 21.5 Å². The molecule has 1 aromatic carbocycles. The summed E-state index contributed by atoms with van der Waals surface area (Å²) in [6.07, 6.45) is 5.29. The molecule has 0 atom stereocenters. The minimum absolute atomic E-state index is 0.0933. The van der Waals surface area contributed by atoms with Gasteiger partial charge in [-0.25, -0.2) is 18.2 Å². The van der Waals surface area contributed by atoms with Crippen molar-refractivity contribution in [1.82, 2.24) is 15.0 Å². The molecule has 0 saturated heterocycles. The van der Waals surface area contributed by atoms with Crippen molar-refractivity contribution in [3.05, 3.63) is 70.0 Å². The Morgan fingerprint density at radius 3 is 2.41 bits per heavy atom. The summed E-state index contributed by atoms with van der Waals surface area (Å²) in [7, 11) is 0. The Morgan fingerprint density at radius 1 is 1.04 bits per heavy atom. The molecule has 0 unspecified atom stereocenters. The summed E-state index contributed by atoms with van der Waals surface area (Å²) in [5, 5.41) is 1.81. The zero-order chi connectivity index (χ0) is 19.7. The van der Waals surface area contributed by atoms with Crippen LogP contribution in [-0.2, 0) is 0 Å². The predicted molar refractivity (Wildman–Crippen MR) is 94.0 cm³/mol. The maximum absolute atomic E-state index is 14.3. The SMILES string of the molecule is Cc1cnccc1C(=O)Nc1cnc(-c2c(F)c(C)c(F)c(F)c2Cl)cn1. The van der Waals surface area contributed by atoms with Crippen LogP contribution in [0.25, 0.3) is 11.3 Å². The topological polar surface area (TPSA) is 67.8 Å². The predicted octanol–water partition coefficient (Wildman–Crippen LogP) is 4.48. The van der Waals surface area contributed by atoms with Gasteiger partial charge in [-0.05, 0) is 25.5 Å². The molecule has 9 heteroatoms. The molecule has 5 nitrogen and oxygen atoms in total. The molecule has 138 valence electrons. The monoisotopic (exact) mass is 392 g/mol. The van der Waals surface area contributed by atoms with Crippen molar-refractivity contribution in [1.29, 1.82) is 0 Å². The zero-order valence-corrected chi connectivity index (χ0v) is 14.9. The molecule has 0 aliphatic heterocycles. The Morgan fingerprint density at radius 2 is 1.78 bits per heavy atom. The number of amides is 1. The zero-order valence-electron chi connectivity index (χ0n) is 14.1. The second-order valence-electron chi connectivity index (χ2n) is 5.69. The highest BCUT2D eigenvalue weighted by Crippen LogP contribution is 2.35.